The van der Waals surface area contributed by atoms with Crippen molar-refractivity contribution in [2.24, 2.45) is 0 Å². The van der Waals surface area contributed by atoms with Gasteiger partial charge in [0.2, 0.25) is 0 Å². The van der Waals surface area contributed by atoms with Crippen LogP contribution in [0.3, 0.4) is 0 Å². The van der Waals surface area contributed by atoms with E-state index in [9.17, 15) is 10.1 Å². The molecule has 0 spiro atoms. The topological polar surface area (TPSA) is 74.5 Å². The van der Waals surface area contributed by atoms with Crippen LogP contribution in [0.4, 0.5) is 5.69 Å². The second-order valence-electron chi connectivity index (χ2n) is 3.93. The number of hydrogen-bond acceptors (Lipinski definition) is 5. The van der Waals surface area contributed by atoms with Crippen molar-refractivity contribution >= 4 is 21.6 Å². The van der Waals surface area contributed by atoms with Gasteiger partial charge in [-0.3, -0.25) is 10.1 Å². The molecule has 0 N–H and O–H groups in total. The Bertz CT molecular complexity index is 661. The zero-order chi connectivity index (χ0) is 14.7. The summed E-state index contributed by atoms with van der Waals surface area (Å²) < 4.78 is 11.2. The number of rotatable bonds is 4. The molecule has 2 aromatic rings. The molecule has 0 aliphatic carbocycles. The second-order valence-corrected chi connectivity index (χ2v) is 4.79. The molecule has 0 unspecified atom stereocenters. The highest BCUT2D eigenvalue weighted by Crippen LogP contribution is 2.35. The molecule has 0 saturated heterocycles. The fourth-order valence-corrected chi connectivity index (χ4v) is 1.97. The van der Waals surface area contributed by atoms with E-state index in [0.29, 0.717) is 21.7 Å². The normalized spacial score (nSPS) is 10.2. The number of aryl methyl sites for hydroxylation is 1. The molecule has 0 aliphatic heterocycles. The maximum absolute atomic E-state index is 11.0. The number of hydrogen-bond donors (Lipinski definition) is 0. The Hall–Kier alpha value is -2.15. The van der Waals surface area contributed by atoms with E-state index >= 15 is 0 Å². The molecule has 20 heavy (non-hydrogen) atoms. The van der Waals surface area contributed by atoms with Crippen molar-refractivity contribution < 1.29 is 14.4 Å². The minimum atomic E-state index is -0.529. The van der Waals surface area contributed by atoms with Gasteiger partial charge in [0.15, 0.2) is 0 Å². The van der Waals surface area contributed by atoms with Gasteiger partial charge in [-0.25, -0.2) is 4.98 Å². The number of pyridine rings is 1. The Labute approximate surface area is 123 Å². The third kappa shape index (κ3) is 3.05. The number of nitro groups is 1. The van der Waals surface area contributed by atoms with Crippen molar-refractivity contribution in [3.63, 3.8) is 0 Å². The monoisotopic (exact) mass is 338 g/mol. The van der Waals surface area contributed by atoms with E-state index in [2.05, 4.69) is 20.9 Å². The zero-order valence-electron chi connectivity index (χ0n) is 10.8. The molecule has 0 saturated carbocycles. The Morgan fingerprint density at radius 2 is 2.05 bits per heavy atom. The number of halogens is 1. The van der Waals surface area contributed by atoms with E-state index in [1.165, 1.54) is 6.07 Å². The van der Waals surface area contributed by atoms with Crippen molar-refractivity contribution in [3.8, 4) is 17.4 Å². The van der Waals surface area contributed by atoms with Crippen LogP contribution in [0.25, 0.3) is 0 Å². The molecule has 0 radical (unpaired) electrons. The van der Waals surface area contributed by atoms with Gasteiger partial charge < -0.3 is 9.47 Å². The van der Waals surface area contributed by atoms with Crippen molar-refractivity contribution in [1.29, 1.82) is 0 Å². The highest BCUT2D eigenvalue weighted by atomic mass is 79.9. The molecular formula is C13H11BrN2O4. The van der Waals surface area contributed by atoms with E-state index in [4.69, 9.17) is 9.47 Å². The van der Waals surface area contributed by atoms with Crippen LogP contribution in [-0.2, 0) is 0 Å². The zero-order valence-corrected chi connectivity index (χ0v) is 12.4. The van der Waals surface area contributed by atoms with Crippen LogP contribution in [0.1, 0.15) is 5.69 Å². The lowest BCUT2D eigenvalue weighted by atomic mass is 10.3. The van der Waals surface area contributed by atoms with Crippen molar-refractivity contribution in [2.75, 3.05) is 7.11 Å². The van der Waals surface area contributed by atoms with E-state index in [1.54, 1.807) is 38.3 Å². The van der Waals surface area contributed by atoms with Crippen LogP contribution in [0.2, 0.25) is 0 Å². The Balaban J connectivity index is 2.39. The Morgan fingerprint density at radius 3 is 2.65 bits per heavy atom. The molecule has 0 amide bonds. The molecular weight excluding hydrogens is 328 g/mol. The molecule has 104 valence electrons. The fraction of sp³-hybridized carbons (Fsp3) is 0.154. The highest BCUT2D eigenvalue weighted by molar-refractivity contribution is 9.10. The van der Waals surface area contributed by atoms with Gasteiger partial charge in [-0.15, -0.1) is 0 Å². The molecule has 1 aromatic carbocycles. The molecule has 1 aromatic heterocycles. The largest absolute Gasteiger partial charge is 0.497 e. The van der Waals surface area contributed by atoms with Crippen LogP contribution in [-0.4, -0.2) is 17.0 Å². The van der Waals surface area contributed by atoms with Gasteiger partial charge in [0, 0.05) is 11.8 Å². The summed E-state index contributed by atoms with van der Waals surface area (Å²) in [5.74, 6) is 1.03. The Morgan fingerprint density at radius 1 is 1.30 bits per heavy atom. The SMILES string of the molecule is COc1ccc(Oc2nc(C)ccc2[N+](=O)[O-])c(Br)c1. The Kier molecular flexibility index (Phi) is 4.19. The standard InChI is InChI=1S/C13H11BrN2O4/c1-8-3-5-11(16(17)18)13(15-8)20-12-6-4-9(19-2)7-10(12)14/h3-7H,1-2H3. The van der Waals surface area contributed by atoms with E-state index < -0.39 is 4.92 Å². The van der Waals surface area contributed by atoms with E-state index in [-0.39, 0.29) is 11.6 Å². The summed E-state index contributed by atoms with van der Waals surface area (Å²) in [6.07, 6.45) is 0. The van der Waals surface area contributed by atoms with Crippen LogP contribution in [0, 0.1) is 17.0 Å². The lowest BCUT2D eigenvalue weighted by Gasteiger charge is -2.09. The third-order valence-electron chi connectivity index (χ3n) is 2.52. The molecule has 0 atom stereocenters. The molecule has 6 nitrogen and oxygen atoms in total. The molecule has 0 aliphatic rings. The maximum Gasteiger partial charge on any atom is 0.331 e. The lowest BCUT2D eigenvalue weighted by molar-refractivity contribution is -0.386. The van der Waals surface area contributed by atoms with Crippen LogP contribution >= 0.6 is 15.9 Å². The predicted molar refractivity (Wildman–Crippen MR) is 76.4 cm³/mol. The first-order chi connectivity index (χ1) is 9.51. The maximum atomic E-state index is 11.0. The van der Waals surface area contributed by atoms with Crippen LogP contribution in [0.5, 0.6) is 17.4 Å². The highest BCUT2D eigenvalue weighted by Gasteiger charge is 2.18. The van der Waals surface area contributed by atoms with Gasteiger partial charge >= 0.3 is 5.69 Å². The predicted octanol–water partition coefficient (Wildman–Crippen LogP) is 3.86. The summed E-state index contributed by atoms with van der Waals surface area (Å²) in [6.45, 7) is 1.74. The first-order valence-electron chi connectivity index (χ1n) is 5.64. The van der Waals surface area contributed by atoms with Gasteiger partial charge in [-0.05, 0) is 47.1 Å². The second kappa shape index (κ2) is 5.87. The number of aromatic nitrogens is 1. The summed E-state index contributed by atoms with van der Waals surface area (Å²) in [5.41, 5.74) is 0.452. The summed E-state index contributed by atoms with van der Waals surface area (Å²) in [7, 11) is 1.55. The van der Waals surface area contributed by atoms with Gasteiger partial charge in [-0.1, -0.05) is 0 Å². The minimum absolute atomic E-state index is 0.0409. The smallest absolute Gasteiger partial charge is 0.331 e. The molecule has 0 bridgehead atoms. The summed E-state index contributed by atoms with van der Waals surface area (Å²) in [5, 5.41) is 11.0. The number of methoxy groups -OCH3 is 1. The van der Waals surface area contributed by atoms with Gasteiger partial charge in [-0.2, -0.15) is 0 Å². The first kappa shape index (κ1) is 14.3. The number of benzene rings is 1. The lowest BCUT2D eigenvalue weighted by Crippen LogP contribution is -1.97. The minimum Gasteiger partial charge on any atom is -0.497 e. The summed E-state index contributed by atoms with van der Waals surface area (Å²) in [6, 6.07) is 7.98. The van der Waals surface area contributed by atoms with Gasteiger partial charge in [0.25, 0.3) is 5.88 Å². The average Bonchev–Trinajstić information content (AvgIpc) is 2.40. The molecule has 2 rings (SSSR count). The number of ether oxygens (including phenoxy) is 2. The van der Waals surface area contributed by atoms with Gasteiger partial charge in [0.1, 0.15) is 11.5 Å². The summed E-state index contributed by atoms with van der Waals surface area (Å²) >= 11 is 3.32. The van der Waals surface area contributed by atoms with Crippen LogP contribution < -0.4 is 9.47 Å². The van der Waals surface area contributed by atoms with E-state index in [1.807, 2.05) is 0 Å². The quantitative estimate of drug-likeness (QED) is 0.625. The number of nitrogens with zero attached hydrogens (tertiary/aromatic N) is 2. The molecule has 7 heteroatoms. The van der Waals surface area contributed by atoms with Crippen molar-refractivity contribution in [1.82, 2.24) is 4.98 Å². The first-order valence-corrected chi connectivity index (χ1v) is 6.44. The van der Waals surface area contributed by atoms with Gasteiger partial charge in [0.05, 0.1) is 16.5 Å². The molecule has 0 fully saturated rings. The van der Waals surface area contributed by atoms with E-state index in [0.717, 1.165) is 0 Å². The van der Waals surface area contributed by atoms with Crippen molar-refractivity contribution in [3.05, 3.63) is 50.6 Å². The van der Waals surface area contributed by atoms with Crippen molar-refractivity contribution in [2.45, 2.75) is 6.92 Å². The molecule has 1 heterocycles. The van der Waals surface area contributed by atoms with Crippen LogP contribution in [0.15, 0.2) is 34.8 Å². The third-order valence-corrected chi connectivity index (χ3v) is 3.14. The summed E-state index contributed by atoms with van der Waals surface area (Å²) in [4.78, 5) is 14.5. The fourth-order valence-electron chi connectivity index (χ4n) is 1.54. The average molecular weight is 339 g/mol.